The Morgan fingerprint density at radius 1 is 1.41 bits per heavy atom. The van der Waals surface area contributed by atoms with Crippen LogP contribution in [-0.2, 0) is 14.6 Å². The van der Waals surface area contributed by atoms with Crippen LogP contribution in [0.1, 0.15) is 32.6 Å². The highest BCUT2D eigenvalue weighted by atomic mass is 32.2. The minimum Gasteiger partial charge on any atom is -0.356 e. The predicted molar refractivity (Wildman–Crippen MR) is 88.7 cm³/mol. The standard InChI is InChI=1S/C14H28N4O3S/c1-4-5-9-18(3)14(15-2)16-8-6-13(19)17-12-7-10-22(20,21)11-12/h12H,4-11H2,1-3H3,(H,15,16)(H,17,19). The molecule has 0 aliphatic carbocycles. The van der Waals surface area contributed by atoms with Gasteiger partial charge in [0.2, 0.25) is 5.91 Å². The zero-order chi connectivity index (χ0) is 16.6. The first-order valence-corrected chi connectivity index (χ1v) is 9.61. The third kappa shape index (κ3) is 6.64. The van der Waals surface area contributed by atoms with Crippen LogP contribution in [-0.4, -0.2) is 69.9 Å². The zero-order valence-electron chi connectivity index (χ0n) is 13.8. The number of rotatable bonds is 7. The van der Waals surface area contributed by atoms with Crippen LogP contribution in [0, 0.1) is 0 Å². The van der Waals surface area contributed by atoms with Crippen LogP contribution in [0.25, 0.3) is 0 Å². The lowest BCUT2D eigenvalue weighted by Gasteiger charge is -2.21. The average Bonchev–Trinajstić information content (AvgIpc) is 2.79. The highest BCUT2D eigenvalue weighted by Gasteiger charge is 2.28. The number of hydrogen-bond acceptors (Lipinski definition) is 4. The minimum atomic E-state index is -2.96. The number of hydrogen-bond donors (Lipinski definition) is 2. The summed E-state index contributed by atoms with van der Waals surface area (Å²) in [6.07, 6.45) is 3.03. The molecule has 128 valence electrons. The van der Waals surface area contributed by atoms with E-state index in [1.165, 1.54) is 0 Å². The quantitative estimate of drug-likeness (QED) is 0.505. The fourth-order valence-electron chi connectivity index (χ4n) is 2.38. The van der Waals surface area contributed by atoms with Crippen LogP contribution in [0.3, 0.4) is 0 Å². The molecule has 1 heterocycles. The summed E-state index contributed by atoms with van der Waals surface area (Å²) in [6.45, 7) is 3.54. The first-order chi connectivity index (χ1) is 10.4. The van der Waals surface area contributed by atoms with Crippen molar-refractivity contribution in [3.05, 3.63) is 0 Å². The number of carbonyl (C=O) groups excluding carboxylic acids is 1. The fourth-order valence-corrected chi connectivity index (χ4v) is 4.06. The van der Waals surface area contributed by atoms with Gasteiger partial charge in [0.15, 0.2) is 15.8 Å². The van der Waals surface area contributed by atoms with E-state index in [-0.39, 0.29) is 23.5 Å². The molecule has 0 spiro atoms. The first kappa shape index (κ1) is 18.7. The largest absolute Gasteiger partial charge is 0.356 e. The van der Waals surface area contributed by atoms with E-state index in [0.29, 0.717) is 19.4 Å². The van der Waals surface area contributed by atoms with E-state index in [9.17, 15) is 13.2 Å². The van der Waals surface area contributed by atoms with Gasteiger partial charge in [0.05, 0.1) is 11.5 Å². The van der Waals surface area contributed by atoms with Crippen molar-refractivity contribution in [2.45, 2.75) is 38.6 Å². The van der Waals surface area contributed by atoms with Crippen molar-refractivity contribution in [1.82, 2.24) is 15.5 Å². The maximum atomic E-state index is 11.8. The zero-order valence-corrected chi connectivity index (χ0v) is 14.6. The second kappa shape index (κ2) is 8.97. The van der Waals surface area contributed by atoms with Gasteiger partial charge in [-0.2, -0.15) is 0 Å². The molecule has 2 N–H and O–H groups in total. The van der Waals surface area contributed by atoms with Crippen molar-refractivity contribution in [3.63, 3.8) is 0 Å². The molecule has 1 fully saturated rings. The average molecular weight is 332 g/mol. The lowest BCUT2D eigenvalue weighted by Crippen LogP contribution is -2.42. The second-order valence-corrected chi connectivity index (χ2v) is 7.90. The molecule has 1 unspecified atom stereocenters. The van der Waals surface area contributed by atoms with E-state index in [4.69, 9.17) is 0 Å². The molecule has 1 amide bonds. The van der Waals surface area contributed by atoms with Gasteiger partial charge in [-0.15, -0.1) is 0 Å². The molecule has 0 aromatic heterocycles. The number of nitrogens with zero attached hydrogens (tertiary/aromatic N) is 2. The Bertz CT molecular complexity index is 490. The molecule has 0 aromatic carbocycles. The molecular formula is C14H28N4O3S. The van der Waals surface area contributed by atoms with Gasteiger partial charge < -0.3 is 15.5 Å². The number of unbranched alkanes of at least 4 members (excludes halogenated alkanes) is 1. The molecular weight excluding hydrogens is 304 g/mol. The molecule has 1 saturated heterocycles. The van der Waals surface area contributed by atoms with Crippen LogP contribution >= 0.6 is 0 Å². The minimum absolute atomic E-state index is 0.0631. The third-order valence-corrected chi connectivity index (χ3v) is 5.42. The van der Waals surface area contributed by atoms with E-state index >= 15 is 0 Å². The lowest BCUT2D eigenvalue weighted by atomic mass is 10.2. The number of aliphatic imine (C=N–C) groups is 1. The fraction of sp³-hybridized carbons (Fsp3) is 0.857. The maximum Gasteiger partial charge on any atom is 0.222 e. The molecule has 1 rings (SSSR count). The number of amides is 1. The smallest absolute Gasteiger partial charge is 0.222 e. The van der Waals surface area contributed by atoms with Crippen molar-refractivity contribution in [3.8, 4) is 0 Å². The SMILES string of the molecule is CCCCN(C)C(=NC)NCCC(=O)NC1CCS(=O)(=O)C1. The summed E-state index contributed by atoms with van der Waals surface area (Å²) in [7, 11) is 0.728. The van der Waals surface area contributed by atoms with Gasteiger partial charge in [0.25, 0.3) is 0 Å². The maximum absolute atomic E-state index is 11.8. The number of sulfone groups is 1. The van der Waals surface area contributed by atoms with Gasteiger partial charge in [-0.1, -0.05) is 13.3 Å². The van der Waals surface area contributed by atoms with Crippen molar-refractivity contribution in [2.75, 3.05) is 38.7 Å². The molecule has 7 nitrogen and oxygen atoms in total. The number of guanidine groups is 1. The van der Waals surface area contributed by atoms with Crippen LogP contribution in [0.2, 0.25) is 0 Å². The molecule has 1 atom stereocenters. The number of nitrogens with one attached hydrogen (secondary N) is 2. The Morgan fingerprint density at radius 2 is 2.14 bits per heavy atom. The van der Waals surface area contributed by atoms with Gasteiger partial charge in [-0.3, -0.25) is 9.79 Å². The highest BCUT2D eigenvalue weighted by Crippen LogP contribution is 2.11. The molecule has 0 bridgehead atoms. The summed E-state index contributed by atoms with van der Waals surface area (Å²) in [5.74, 6) is 0.879. The van der Waals surface area contributed by atoms with Gasteiger partial charge in [0.1, 0.15) is 0 Å². The Morgan fingerprint density at radius 3 is 2.68 bits per heavy atom. The van der Waals surface area contributed by atoms with Gasteiger partial charge >= 0.3 is 0 Å². The van der Waals surface area contributed by atoms with E-state index < -0.39 is 9.84 Å². The Hall–Kier alpha value is -1.31. The monoisotopic (exact) mass is 332 g/mol. The Balaban J connectivity index is 2.26. The van der Waals surface area contributed by atoms with E-state index in [1.54, 1.807) is 7.05 Å². The van der Waals surface area contributed by atoms with Crippen molar-refractivity contribution >= 4 is 21.7 Å². The van der Waals surface area contributed by atoms with Crippen LogP contribution in [0.5, 0.6) is 0 Å². The van der Waals surface area contributed by atoms with Crippen LogP contribution in [0.15, 0.2) is 4.99 Å². The lowest BCUT2D eigenvalue weighted by molar-refractivity contribution is -0.121. The van der Waals surface area contributed by atoms with Gasteiger partial charge in [0, 0.05) is 39.6 Å². The third-order valence-electron chi connectivity index (χ3n) is 3.65. The van der Waals surface area contributed by atoms with Crippen LogP contribution < -0.4 is 10.6 Å². The molecule has 0 radical (unpaired) electrons. The summed E-state index contributed by atoms with van der Waals surface area (Å²) in [4.78, 5) is 18.0. The Labute approximate surface area is 133 Å². The molecule has 1 aliphatic rings. The van der Waals surface area contributed by atoms with Gasteiger partial charge in [-0.05, 0) is 12.8 Å². The summed E-state index contributed by atoms with van der Waals surface area (Å²) in [5.41, 5.74) is 0. The van der Waals surface area contributed by atoms with Crippen LogP contribution in [0.4, 0.5) is 0 Å². The molecule has 22 heavy (non-hydrogen) atoms. The first-order valence-electron chi connectivity index (χ1n) is 7.79. The summed E-state index contributed by atoms with van der Waals surface area (Å²) >= 11 is 0. The van der Waals surface area contributed by atoms with Gasteiger partial charge in [-0.25, -0.2) is 8.42 Å². The Kier molecular flexibility index (Phi) is 7.64. The van der Waals surface area contributed by atoms with Crippen molar-refractivity contribution in [2.24, 2.45) is 4.99 Å². The van der Waals surface area contributed by atoms with E-state index in [1.807, 2.05) is 11.9 Å². The molecule has 1 aliphatic heterocycles. The summed E-state index contributed by atoms with van der Waals surface area (Å²) in [5, 5.41) is 5.93. The molecule has 0 saturated carbocycles. The van der Waals surface area contributed by atoms with E-state index in [0.717, 1.165) is 25.3 Å². The predicted octanol–water partition coefficient (Wildman–Crippen LogP) is -0.0129. The van der Waals surface area contributed by atoms with Crippen molar-refractivity contribution < 1.29 is 13.2 Å². The second-order valence-electron chi connectivity index (χ2n) is 5.67. The number of carbonyl (C=O) groups is 1. The topological polar surface area (TPSA) is 90.9 Å². The summed E-state index contributed by atoms with van der Waals surface area (Å²) in [6, 6.07) is -0.232. The molecule has 0 aromatic rings. The molecule has 8 heteroatoms. The normalized spacial score (nSPS) is 20.7. The summed E-state index contributed by atoms with van der Waals surface area (Å²) < 4.78 is 22.7. The van der Waals surface area contributed by atoms with E-state index in [2.05, 4.69) is 22.5 Å². The highest BCUT2D eigenvalue weighted by molar-refractivity contribution is 7.91. The van der Waals surface area contributed by atoms with Crippen molar-refractivity contribution in [1.29, 1.82) is 0 Å².